The van der Waals surface area contributed by atoms with E-state index in [0.717, 1.165) is 6.54 Å². The number of carbonyl (C=O) groups excluding carboxylic acids is 1. The highest BCUT2D eigenvalue weighted by Crippen LogP contribution is 2.27. The molecule has 0 aromatic heterocycles. The fraction of sp³-hybridized carbons (Fsp3) is 0.500. The summed E-state index contributed by atoms with van der Waals surface area (Å²) < 4.78 is 5.53. The Bertz CT molecular complexity index is 444. The summed E-state index contributed by atoms with van der Waals surface area (Å²) in [5.74, 6) is 0.707. The molecule has 0 radical (unpaired) electrons. The fourth-order valence-electron chi connectivity index (χ4n) is 1.59. The van der Waals surface area contributed by atoms with Crippen LogP contribution in [-0.2, 0) is 4.79 Å². The van der Waals surface area contributed by atoms with Crippen molar-refractivity contribution in [3.05, 3.63) is 28.2 Å². The van der Waals surface area contributed by atoms with Gasteiger partial charge in [-0.25, -0.2) is 0 Å². The minimum absolute atomic E-state index is 0. The molecule has 1 aromatic carbocycles. The van der Waals surface area contributed by atoms with Crippen LogP contribution in [0.5, 0.6) is 5.75 Å². The van der Waals surface area contributed by atoms with Crippen molar-refractivity contribution in [2.24, 2.45) is 0 Å². The first kappa shape index (κ1) is 20.3. The number of nitrogens with zero attached hydrogens (tertiary/aromatic N) is 1. The van der Waals surface area contributed by atoms with Gasteiger partial charge in [-0.1, -0.05) is 23.2 Å². The molecule has 0 fully saturated rings. The number of benzene rings is 1. The summed E-state index contributed by atoms with van der Waals surface area (Å²) in [6.45, 7) is 1.95. The van der Waals surface area contributed by atoms with Crippen molar-refractivity contribution in [2.75, 3.05) is 33.8 Å². The molecule has 120 valence electrons. The zero-order valence-corrected chi connectivity index (χ0v) is 14.5. The van der Waals surface area contributed by atoms with Gasteiger partial charge in [-0.15, -0.1) is 12.4 Å². The van der Waals surface area contributed by atoms with Crippen LogP contribution in [0, 0.1) is 0 Å². The Labute approximate surface area is 142 Å². The molecule has 0 spiro atoms. The first-order valence-electron chi connectivity index (χ1n) is 6.51. The largest absolute Gasteiger partial charge is 0.492 e. The summed E-state index contributed by atoms with van der Waals surface area (Å²) >= 11 is 11.8. The Hall–Kier alpha value is -0.680. The van der Waals surface area contributed by atoms with Crippen molar-refractivity contribution in [3.8, 4) is 5.75 Å². The lowest BCUT2D eigenvalue weighted by molar-refractivity contribution is -0.130. The molecule has 0 heterocycles. The molecule has 1 rings (SSSR count). The minimum atomic E-state index is 0. The van der Waals surface area contributed by atoms with E-state index in [2.05, 4.69) is 5.32 Å². The van der Waals surface area contributed by atoms with Gasteiger partial charge in [0, 0.05) is 31.6 Å². The van der Waals surface area contributed by atoms with Crippen LogP contribution in [0.25, 0.3) is 0 Å². The Kier molecular flexibility index (Phi) is 10.6. The smallest absolute Gasteiger partial charge is 0.222 e. The molecule has 0 saturated carbocycles. The molecule has 21 heavy (non-hydrogen) atoms. The summed E-state index contributed by atoms with van der Waals surface area (Å²) in [6.07, 6.45) is 1.12. The van der Waals surface area contributed by atoms with Crippen LogP contribution >= 0.6 is 35.6 Å². The quantitative estimate of drug-likeness (QED) is 0.728. The Morgan fingerprint density at radius 1 is 1.38 bits per heavy atom. The van der Waals surface area contributed by atoms with Gasteiger partial charge < -0.3 is 15.0 Å². The number of likely N-dealkylation sites (N-methyl/N-ethyl adjacent to an activating group) is 2. The molecule has 0 unspecified atom stereocenters. The average molecular weight is 356 g/mol. The normalized spacial score (nSPS) is 9.90. The van der Waals surface area contributed by atoms with Crippen molar-refractivity contribution in [2.45, 2.75) is 12.8 Å². The van der Waals surface area contributed by atoms with Gasteiger partial charge in [-0.2, -0.15) is 0 Å². The van der Waals surface area contributed by atoms with Gasteiger partial charge in [-0.3, -0.25) is 4.79 Å². The topological polar surface area (TPSA) is 41.6 Å². The van der Waals surface area contributed by atoms with Crippen molar-refractivity contribution in [3.63, 3.8) is 0 Å². The van der Waals surface area contributed by atoms with Crippen molar-refractivity contribution in [1.29, 1.82) is 0 Å². The number of ether oxygens (including phenoxy) is 1. The SMILES string of the molecule is CNCCN(C)C(=O)CCCOc1ccc(Cl)cc1Cl.Cl. The Morgan fingerprint density at radius 2 is 2.10 bits per heavy atom. The maximum atomic E-state index is 11.8. The highest BCUT2D eigenvalue weighted by atomic mass is 35.5. The summed E-state index contributed by atoms with van der Waals surface area (Å²) in [5, 5.41) is 4.06. The zero-order chi connectivity index (χ0) is 15.0. The third kappa shape index (κ3) is 7.77. The average Bonchev–Trinajstić information content (AvgIpc) is 2.42. The fourth-order valence-corrected chi connectivity index (χ4v) is 2.06. The van der Waals surface area contributed by atoms with E-state index < -0.39 is 0 Å². The second-order valence-corrected chi connectivity index (χ2v) is 5.29. The molecule has 7 heteroatoms. The lowest BCUT2D eigenvalue weighted by Gasteiger charge is -2.16. The second-order valence-electron chi connectivity index (χ2n) is 4.45. The third-order valence-corrected chi connectivity index (χ3v) is 3.34. The predicted molar refractivity (Wildman–Crippen MR) is 90.0 cm³/mol. The monoisotopic (exact) mass is 354 g/mol. The van der Waals surface area contributed by atoms with E-state index in [1.807, 2.05) is 7.05 Å². The first-order valence-corrected chi connectivity index (χ1v) is 7.26. The van der Waals surface area contributed by atoms with Gasteiger partial charge in [0.15, 0.2) is 0 Å². The van der Waals surface area contributed by atoms with Gasteiger partial charge in [0.2, 0.25) is 5.91 Å². The molecule has 4 nitrogen and oxygen atoms in total. The number of rotatable bonds is 8. The maximum absolute atomic E-state index is 11.8. The second kappa shape index (κ2) is 11.0. The van der Waals surface area contributed by atoms with Crippen LogP contribution in [0.4, 0.5) is 0 Å². The van der Waals surface area contributed by atoms with Crippen LogP contribution in [0.2, 0.25) is 10.0 Å². The van der Waals surface area contributed by atoms with Gasteiger partial charge in [-0.05, 0) is 31.7 Å². The lowest BCUT2D eigenvalue weighted by atomic mass is 10.3. The predicted octanol–water partition coefficient (Wildman–Crippen LogP) is 3.25. The minimum Gasteiger partial charge on any atom is -0.492 e. The molecule has 1 aromatic rings. The van der Waals surface area contributed by atoms with E-state index in [9.17, 15) is 4.79 Å². The number of carbonyl (C=O) groups is 1. The standard InChI is InChI=1S/C14H20Cl2N2O2.ClH/c1-17-7-8-18(2)14(19)4-3-9-20-13-6-5-11(15)10-12(13)16;/h5-6,10,17H,3-4,7-9H2,1-2H3;1H. The van der Waals surface area contributed by atoms with Crippen molar-refractivity contribution >= 4 is 41.5 Å². The van der Waals surface area contributed by atoms with Crippen LogP contribution in [-0.4, -0.2) is 44.6 Å². The van der Waals surface area contributed by atoms with E-state index in [-0.39, 0.29) is 18.3 Å². The van der Waals surface area contributed by atoms with Crippen LogP contribution in [0.3, 0.4) is 0 Å². The summed E-state index contributed by atoms with van der Waals surface area (Å²) in [4.78, 5) is 13.5. The molecule has 0 aliphatic carbocycles. The van der Waals surface area contributed by atoms with Gasteiger partial charge in [0.25, 0.3) is 0 Å². The maximum Gasteiger partial charge on any atom is 0.222 e. The molecular weight excluding hydrogens is 335 g/mol. The Balaban J connectivity index is 0.00000400. The number of nitrogens with one attached hydrogen (secondary N) is 1. The molecule has 0 saturated heterocycles. The molecular formula is C14H21Cl3N2O2. The number of halogens is 3. The van der Waals surface area contributed by atoms with Crippen molar-refractivity contribution in [1.82, 2.24) is 10.2 Å². The first-order chi connectivity index (χ1) is 9.54. The van der Waals surface area contributed by atoms with Crippen LogP contribution < -0.4 is 10.1 Å². The molecule has 1 N–H and O–H groups in total. The van der Waals surface area contributed by atoms with Gasteiger partial charge in [0.1, 0.15) is 5.75 Å². The molecule has 0 atom stereocenters. The summed E-state index contributed by atoms with van der Waals surface area (Å²) in [6, 6.07) is 5.08. The van der Waals surface area contributed by atoms with Gasteiger partial charge >= 0.3 is 0 Å². The highest BCUT2D eigenvalue weighted by Gasteiger charge is 2.08. The van der Waals surface area contributed by atoms with E-state index in [1.165, 1.54) is 0 Å². The zero-order valence-electron chi connectivity index (χ0n) is 12.2. The Morgan fingerprint density at radius 3 is 2.71 bits per heavy atom. The lowest BCUT2D eigenvalue weighted by Crippen LogP contribution is -2.32. The van der Waals surface area contributed by atoms with Crippen LogP contribution in [0.15, 0.2) is 18.2 Å². The number of hydrogen-bond acceptors (Lipinski definition) is 3. The molecule has 0 aliphatic heterocycles. The highest BCUT2D eigenvalue weighted by molar-refractivity contribution is 6.35. The van der Waals surface area contributed by atoms with E-state index in [4.69, 9.17) is 27.9 Å². The molecule has 1 amide bonds. The van der Waals surface area contributed by atoms with E-state index >= 15 is 0 Å². The van der Waals surface area contributed by atoms with Gasteiger partial charge in [0.05, 0.1) is 11.6 Å². The number of hydrogen-bond donors (Lipinski definition) is 1. The third-order valence-electron chi connectivity index (χ3n) is 2.81. The summed E-state index contributed by atoms with van der Waals surface area (Å²) in [5.41, 5.74) is 0. The van der Waals surface area contributed by atoms with Crippen molar-refractivity contribution < 1.29 is 9.53 Å². The van der Waals surface area contributed by atoms with E-state index in [1.54, 1.807) is 30.1 Å². The summed E-state index contributed by atoms with van der Waals surface area (Å²) in [7, 11) is 3.67. The van der Waals surface area contributed by atoms with Crippen LogP contribution in [0.1, 0.15) is 12.8 Å². The van der Waals surface area contributed by atoms with E-state index in [0.29, 0.717) is 41.8 Å². The molecule has 0 aliphatic rings. The molecule has 0 bridgehead atoms. The number of amides is 1.